The molecule has 4 rings (SSSR count). The Kier molecular flexibility index (Phi) is 5.63. The van der Waals surface area contributed by atoms with Crippen LogP contribution in [0.3, 0.4) is 0 Å². The van der Waals surface area contributed by atoms with Crippen molar-refractivity contribution in [2.24, 2.45) is 0 Å². The minimum Gasteiger partial charge on any atom is -0.272 e. The summed E-state index contributed by atoms with van der Waals surface area (Å²) >= 11 is 0. The number of sulfonamides is 1. The van der Waals surface area contributed by atoms with Crippen LogP contribution < -0.4 is 4.72 Å². The molecule has 3 aromatic carbocycles. The van der Waals surface area contributed by atoms with E-state index in [4.69, 9.17) is 0 Å². The van der Waals surface area contributed by atoms with E-state index in [0.29, 0.717) is 5.56 Å². The molecule has 3 aromatic rings. The van der Waals surface area contributed by atoms with Crippen molar-refractivity contribution >= 4 is 27.7 Å². The van der Waals surface area contributed by atoms with Gasteiger partial charge in [-0.05, 0) is 36.8 Å². The predicted octanol–water partition coefficient (Wildman–Crippen LogP) is 2.71. The summed E-state index contributed by atoms with van der Waals surface area (Å²) in [5, 5.41) is 0. The number of carbonyl (C=O) groups is 3. The van der Waals surface area contributed by atoms with Crippen molar-refractivity contribution in [1.82, 2.24) is 9.62 Å². The highest BCUT2D eigenvalue weighted by atomic mass is 32.2. The lowest BCUT2D eigenvalue weighted by molar-refractivity contribution is -0.123. The molecule has 0 bridgehead atoms. The van der Waals surface area contributed by atoms with E-state index >= 15 is 0 Å². The van der Waals surface area contributed by atoms with Crippen LogP contribution in [-0.4, -0.2) is 37.1 Å². The van der Waals surface area contributed by atoms with Gasteiger partial charge in [0.05, 0.1) is 16.0 Å². The van der Waals surface area contributed by atoms with Gasteiger partial charge in [-0.25, -0.2) is 13.1 Å². The zero-order valence-corrected chi connectivity index (χ0v) is 18.0. The van der Waals surface area contributed by atoms with Gasteiger partial charge in [0, 0.05) is 6.42 Å². The molecule has 0 saturated carbocycles. The fourth-order valence-electron chi connectivity index (χ4n) is 3.61. The first-order chi connectivity index (χ1) is 15.3. The highest BCUT2D eigenvalue weighted by Gasteiger charge is 2.43. The van der Waals surface area contributed by atoms with E-state index < -0.39 is 33.8 Å². The highest BCUT2D eigenvalue weighted by Crippen LogP contribution is 2.26. The molecule has 0 radical (unpaired) electrons. The van der Waals surface area contributed by atoms with Crippen molar-refractivity contribution in [1.29, 1.82) is 0 Å². The first-order valence-corrected chi connectivity index (χ1v) is 11.4. The number of nitrogens with zero attached hydrogens (tertiary/aromatic N) is 1. The van der Waals surface area contributed by atoms with Gasteiger partial charge in [-0.2, -0.15) is 0 Å². The van der Waals surface area contributed by atoms with Crippen molar-refractivity contribution in [2.45, 2.75) is 24.3 Å². The van der Waals surface area contributed by atoms with Gasteiger partial charge in [-0.15, -0.1) is 0 Å². The average molecular weight is 449 g/mol. The number of hydrogen-bond acceptors (Lipinski definition) is 5. The largest absolute Gasteiger partial charge is 0.272 e. The highest BCUT2D eigenvalue weighted by molar-refractivity contribution is 7.90. The summed E-state index contributed by atoms with van der Waals surface area (Å²) in [5.41, 5.74) is 1.91. The van der Waals surface area contributed by atoms with Gasteiger partial charge in [0.2, 0.25) is 0 Å². The van der Waals surface area contributed by atoms with Gasteiger partial charge in [-0.3, -0.25) is 19.3 Å². The van der Waals surface area contributed by atoms with Crippen molar-refractivity contribution in [3.8, 4) is 0 Å². The summed E-state index contributed by atoms with van der Waals surface area (Å²) in [4.78, 5) is 39.9. The van der Waals surface area contributed by atoms with E-state index in [-0.39, 0.29) is 22.4 Å². The fourth-order valence-corrected chi connectivity index (χ4v) is 4.62. The Morgan fingerprint density at radius 3 is 1.94 bits per heavy atom. The third-order valence-corrected chi connectivity index (χ3v) is 6.64. The standard InChI is InChI=1S/C24H20N2O5S/c1-16-11-13-18(14-12-16)32(30,31)25-22(27)21(15-17-7-3-2-4-8-17)26-23(28)19-9-5-6-10-20(19)24(26)29/h2-14,21H,15H2,1H3,(H,25,27)/t21-/m1/s1. The molecule has 0 fully saturated rings. The summed E-state index contributed by atoms with van der Waals surface area (Å²) in [7, 11) is -4.19. The molecule has 0 aromatic heterocycles. The third-order valence-electron chi connectivity index (χ3n) is 5.28. The van der Waals surface area contributed by atoms with Crippen LogP contribution in [0.1, 0.15) is 31.8 Å². The van der Waals surface area contributed by atoms with E-state index in [0.717, 1.165) is 10.5 Å². The van der Waals surface area contributed by atoms with Crippen molar-refractivity contribution < 1.29 is 22.8 Å². The molecule has 3 amide bonds. The number of benzene rings is 3. The Morgan fingerprint density at radius 1 is 0.844 bits per heavy atom. The Labute approximate surface area is 185 Å². The lowest BCUT2D eigenvalue weighted by Crippen LogP contribution is -2.51. The number of aryl methyl sites for hydroxylation is 1. The lowest BCUT2D eigenvalue weighted by Gasteiger charge is -2.25. The number of fused-ring (bicyclic) bond motifs is 1. The van der Waals surface area contributed by atoms with Gasteiger partial charge in [0.25, 0.3) is 27.7 Å². The Morgan fingerprint density at radius 2 is 1.38 bits per heavy atom. The molecule has 1 aliphatic rings. The summed E-state index contributed by atoms with van der Waals surface area (Å²) in [6.07, 6.45) is -0.0262. The predicted molar refractivity (Wildman–Crippen MR) is 117 cm³/mol. The first kappa shape index (κ1) is 21.5. The minimum absolute atomic E-state index is 0.0262. The first-order valence-electron chi connectivity index (χ1n) is 9.92. The van der Waals surface area contributed by atoms with Gasteiger partial charge < -0.3 is 0 Å². The Hall–Kier alpha value is -3.78. The van der Waals surface area contributed by atoms with Gasteiger partial charge in [0.1, 0.15) is 6.04 Å². The van der Waals surface area contributed by atoms with Crippen molar-refractivity contribution in [3.63, 3.8) is 0 Å². The van der Waals surface area contributed by atoms with Gasteiger partial charge in [0.15, 0.2) is 0 Å². The van der Waals surface area contributed by atoms with E-state index in [1.165, 1.54) is 24.3 Å². The fraction of sp³-hybridized carbons (Fsp3) is 0.125. The molecule has 32 heavy (non-hydrogen) atoms. The maximum atomic E-state index is 13.2. The zero-order chi connectivity index (χ0) is 22.9. The monoisotopic (exact) mass is 448 g/mol. The summed E-state index contributed by atoms with van der Waals surface area (Å²) in [6.45, 7) is 1.81. The quantitative estimate of drug-likeness (QED) is 0.585. The zero-order valence-electron chi connectivity index (χ0n) is 17.2. The molecule has 0 spiro atoms. The van der Waals surface area contributed by atoms with Crippen LogP contribution >= 0.6 is 0 Å². The maximum absolute atomic E-state index is 13.2. The molecule has 1 atom stereocenters. The normalized spacial score (nSPS) is 14.2. The van der Waals surface area contributed by atoms with Crippen molar-refractivity contribution in [3.05, 3.63) is 101 Å². The van der Waals surface area contributed by atoms with Crippen LogP contribution in [0.2, 0.25) is 0 Å². The number of nitrogens with one attached hydrogen (secondary N) is 1. The number of rotatable bonds is 6. The molecule has 7 nitrogen and oxygen atoms in total. The summed E-state index contributed by atoms with van der Waals surface area (Å²) < 4.78 is 27.6. The summed E-state index contributed by atoms with van der Waals surface area (Å²) in [5.74, 6) is -2.22. The van der Waals surface area contributed by atoms with Gasteiger partial charge >= 0.3 is 0 Å². The van der Waals surface area contributed by atoms with Crippen LogP contribution in [0.5, 0.6) is 0 Å². The minimum atomic E-state index is -4.19. The van der Waals surface area contributed by atoms with Crippen LogP contribution in [0, 0.1) is 6.92 Å². The van der Waals surface area contributed by atoms with Crippen LogP contribution in [0.15, 0.2) is 83.8 Å². The van der Waals surface area contributed by atoms with Crippen molar-refractivity contribution in [2.75, 3.05) is 0 Å². The smallest absolute Gasteiger partial charge is 0.264 e. The number of hydrogen-bond donors (Lipinski definition) is 1. The molecular formula is C24H20N2O5S. The molecule has 8 heteroatoms. The van der Waals surface area contributed by atoms with Gasteiger partial charge in [-0.1, -0.05) is 60.2 Å². The maximum Gasteiger partial charge on any atom is 0.264 e. The SMILES string of the molecule is Cc1ccc(S(=O)(=O)NC(=O)[C@@H](Cc2ccccc2)N2C(=O)c3ccccc3C2=O)cc1. The molecule has 0 aliphatic carbocycles. The molecule has 162 valence electrons. The van der Waals surface area contributed by atoms with E-state index in [1.54, 1.807) is 54.6 Å². The number of carbonyl (C=O) groups excluding carboxylic acids is 3. The molecule has 1 aliphatic heterocycles. The van der Waals surface area contributed by atoms with Crippen LogP contribution in [-0.2, 0) is 21.2 Å². The molecular weight excluding hydrogens is 428 g/mol. The lowest BCUT2D eigenvalue weighted by atomic mass is 10.0. The average Bonchev–Trinajstić information content (AvgIpc) is 3.03. The molecule has 1 heterocycles. The number of amides is 3. The second-order valence-corrected chi connectivity index (χ2v) is 9.20. The molecule has 0 unspecified atom stereocenters. The molecule has 0 saturated heterocycles. The Balaban J connectivity index is 1.69. The summed E-state index contributed by atoms with van der Waals surface area (Å²) in [6, 6.07) is 19.7. The van der Waals surface area contributed by atoms with E-state index in [1.807, 2.05) is 11.6 Å². The topological polar surface area (TPSA) is 101 Å². The molecule has 1 N–H and O–H groups in total. The number of imide groups is 1. The second-order valence-electron chi connectivity index (χ2n) is 7.51. The third kappa shape index (κ3) is 4.04. The Bertz CT molecular complexity index is 1270. The van der Waals surface area contributed by atoms with E-state index in [9.17, 15) is 22.8 Å². The second kappa shape index (κ2) is 8.39. The van der Waals surface area contributed by atoms with Crippen LogP contribution in [0.25, 0.3) is 0 Å². The van der Waals surface area contributed by atoms with E-state index in [2.05, 4.69) is 0 Å². The van der Waals surface area contributed by atoms with Crippen LogP contribution in [0.4, 0.5) is 0 Å².